The van der Waals surface area contributed by atoms with Gasteiger partial charge >= 0.3 is 5.63 Å². The molecule has 29 heavy (non-hydrogen) atoms. The van der Waals surface area contributed by atoms with Crippen LogP contribution in [0, 0.1) is 0 Å². The van der Waals surface area contributed by atoms with Crippen LogP contribution in [0.25, 0.3) is 11.0 Å². The van der Waals surface area contributed by atoms with E-state index in [-0.39, 0.29) is 10.5 Å². The Balaban J connectivity index is 1.50. The number of hydrogen-bond donors (Lipinski definition) is 0. The van der Waals surface area contributed by atoms with Crippen molar-refractivity contribution in [1.82, 2.24) is 14.2 Å². The summed E-state index contributed by atoms with van der Waals surface area (Å²) in [5, 5.41) is 0.923. The summed E-state index contributed by atoms with van der Waals surface area (Å²) in [5.41, 5.74) is 2.26. The topological polar surface area (TPSA) is 83.7 Å². The summed E-state index contributed by atoms with van der Waals surface area (Å²) in [5.74, 6) is 0. The van der Waals surface area contributed by atoms with Crippen LogP contribution in [-0.2, 0) is 23.0 Å². The maximum Gasteiger partial charge on any atom is 0.336 e. The zero-order valence-corrected chi connectivity index (χ0v) is 17.1. The Labute approximate surface area is 169 Å². The molecule has 0 bridgehead atoms. The first-order valence-corrected chi connectivity index (χ1v) is 11.1. The lowest BCUT2D eigenvalue weighted by molar-refractivity contribution is 0.182. The smallest absolute Gasteiger partial charge is 0.336 e. The Morgan fingerprint density at radius 1 is 1.10 bits per heavy atom. The second-order valence-corrected chi connectivity index (χ2v) is 9.08. The molecule has 8 heteroatoms. The molecule has 0 spiro atoms. The highest BCUT2D eigenvalue weighted by Crippen LogP contribution is 2.22. The van der Waals surface area contributed by atoms with Gasteiger partial charge < -0.3 is 4.42 Å². The second-order valence-electron chi connectivity index (χ2n) is 7.14. The number of pyridine rings is 1. The highest BCUT2D eigenvalue weighted by Gasteiger charge is 2.28. The molecule has 1 aliphatic heterocycles. The molecule has 1 saturated heterocycles. The van der Waals surface area contributed by atoms with Crippen LogP contribution in [0.4, 0.5) is 0 Å². The molecule has 1 aliphatic rings. The molecular weight excluding hydrogens is 390 g/mol. The molecule has 0 saturated carbocycles. The lowest BCUT2D eigenvalue weighted by Crippen LogP contribution is -2.48. The number of hydrogen-bond acceptors (Lipinski definition) is 6. The van der Waals surface area contributed by atoms with Gasteiger partial charge in [0.25, 0.3) is 0 Å². The second kappa shape index (κ2) is 8.06. The van der Waals surface area contributed by atoms with Crippen LogP contribution in [0.2, 0.25) is 0 Å². The van der Waals surface area contributed by atoms with E-state index >= 15 is 0 Å². The number of piperazine rings is 1. The summed E-state index contributed by atoms with van der Waals surface area (Å²) in [4.78, 5) is 18.3. The van der Waals surface area contributed by atoms with E-state index in [1.165, 1.54) is 16.6 Å². The van der Waals surface area contributed by atoms with Gasteiger partial charge in [0.2, 0.25) is 10.0 Å². The fourth-order valence-electron chi connectivity index (χ4n) is 3.64. The van der Waals surface area contributed by atoms with Crippen molar-refractivity contribution in [2.24, 2.45) is 0 Å². The summed E-state index contributed by atoms with van der Waals surface area (Å²) < 4.78 is 32.4. The Hall–Kier alpha value is -2.55. The normalized spacial score (nSPS) is 16.3. The first-order chi connectivity index (χ1) is 14.0. The van der Waals surface area contributed by atoms with Gasteiger partial charge in [-0.05, 0) is 35.7 Å². The summed E-state index contributed by atoms with van der Waals surface area (Å²) in [6.07, 6.45) is 3.81. The van der Waals surface area contributed by atoms with E-state index < -0.39 is 10.0 Å². The fourth-order valence-corrected chi connectivity index (χ4v) is 5.03. The minimum atomic E-state index is -3.53. The first-order valence-electron chi connectivity index (χ1n) is 9.65. The molecule has 0 radical (unpaired) electrons. The van der Waals surface area contributed by atoms with Crippen molar-refractivity contribution < 1.29 is 12.8 Å². The highest BCUT2D eigenvalue weighted by molar-refractivity contribution is 7.89. The molecule has 4 rings (SSSR count). The Morgan fingerprint density at radius 2 is 1.90 bits per heavy atom. The molecule has 2 aromatic heterocycles. The maximum absolute atomic E-state index is 12.7. The van der Waals surface area contributed by atoms with Crippen molar-refractivity contribution in [3.63, 3.8) is 0 Å². The average Bonchev–Trinajstić information content (AvgIpc) is 2.74. The molecule has 0 aliphatic carbocycles. The van der Waals surface area contributed by atoms with Gasteiger partial charge in [-0.2, -0.15) is 4.31 Å². The largest absolute Gasteiger partial charge is 0.423 e. The van der Waals surface area contributed by atoms with Crippen LogP contribution < -0.4 is 5.63 Å². The van der Waals surface area contributed by atoms with Gasteiger partial charge in [-0.1, -0.05) is 19.1 Å². The molecular formula is C21H23N3O4S. The summed E-state index contributed by atoms with van der Waals surface area (Å²) in [7, 11) is -3.53. The molecule has 3 aromatic rings. The van der Waals surface area contributed by atoms with E-state index in [2.05, 4.69) is 16.8 Å². The van der Waals surface area contributed by atoms with E-state index in [1.54, 1.807) is 18.3 Å². The first kappa shape index (κ1) is 19.8. The molecule has 152 valence electrons. The van der Waals surface area contributed by atoms with Crippen molar-refractivity contribution in [1.29, 1.82) is 0 Å². The van der Waals surface area contributed by atoms with Crippen molar-refractivity contribution in [2.45, 2.75) is 24.8 Å². The third-order valence-electron chi connectivity index (χ3n) is 5.30. The van der Waals surface area contributed by atoms with Gasteiger partial charge in [-0.25, -0.2) is 13.2 Å². The Morgan fingerprint density at radius 3 is 2.59 bits per heavy atom. The number of fused-ring (bicyclic) bond motifs is 1. The van der Waals surface area contributed by atoms with Crippen LogP contribution in [0.1, 0.15) is 18.1 Å². The molecule has 0 N–H and O–H groups in total. The van der Waals surface area contributed by atoms with Crippen LogP contribution >= 0.6 is 0 Å². The van der Waals surface area contributed by atoms with Crippen molar-refractivity contribution in [3.05, 3.63) is 70.3 Å². The van der Waals surface area contributed by atoms with Crippen LogP contribution in [0.3, 0.4) is 0 Å². The summed E-state index contributed by atoms with van der Waals surface area (Å²) in [6, 6.07) is 10.7. The van der Waals surface area contributed by atoms with Gasteiger partial charge in [0.15, 0.2) is 0 Å². The zero-order valence-electron chi connectivity index (χ0n) is 16.2. The predicted molar refractivity (Wildman–Crippen MR) is 110 cm³/mol. The van der Waals surface area contributed by atoms with Crippen LogP contribution in [0.15, 0.2) is 62.9 Å². The number of rotatable bonds is 5. The zero-order chi connectivity index (χ0) is 20.4. The summed E-state index contributed by atoms with van der Waals surface area (Å²) >= 11 is 0. The average molecular weight is 413 g/mol. The molecule has 3 heterocycles. The Bertz CT molecular complexity index is 1170. The van der Waals surface area contributed by atoms with Gasteiger partial charge in [-0.3, -0.25) is 9.88 Å². The summed E-state index contributed by atoms with van der Waals surface area (Å²) in [6.45, 7) is 4.62. The number of aromatic nitrogens is 1. The monoisotopic (exact) mass is 413 g/mol. The van der Waals surface area contributed by atoms with E-state index in [1.807, 2.05) is 18.2 Å². The maximum atomic E-state index is 12.7. The third-order valence-corrected chi connectivity index (χ3v) is 7.18. The predicted octanol–water partition coefficient (Wildman–Crippen LogP) is 2.26. The quantitative estimate of drug-likeness (QED) is 0.597. The number of benzene rings is 1. The number of aryl methyl sites for hydroxylation is 1. The molecule has 1 aromatic carbocycles. The number of nitrogens with zero attached hydrogens (tertiary/aromatic N) is 3. The van der Waals surface area contributed by atoms with Crippen LogP contribution in [-0.4, -0.2) is 48.8 Å². The molecule has 7 nitrogen and oxygen atoms in total. The van der Waals surface area contributed by atoms with Crippen LogP contribution in [0.5, 0.6) is 0 Å². The lowest BCUT2D eigenvalue weighted by atomic mass is 10.1. The Kier molecular flexibility index (Phi) is 5.49. The molecule has 0 atom stereocenters. The van der Waals surface area contributed by atoms with Crippen molar-refractivity contribution in [3.8, 4) is 0 Å². The van der Waals surface area contributed by atoms with E-state index in [0.717, 1.165) is 22.9 Å². The number of sulfonamides is 1. The minimum absolute atomic E-state index is 0.215. The van der Waals surface area contributed by atoms with E-state index in [4.69, 9.17) is 4.42 Å². The highest BCUT2D eigenvalue weighted by atomic mass is 32.2. The van der Waals surface area contributed by atoms with E-state index in [0.29, 0.717) is 38.3 Å². The molecule has 0 unspecified atom stereocenters. The molecule has 1 fully saturated rings. The SMILES string of the molecule is CCc1ccc2c(CN3CCN(S(=O)(=O)c4cccnc4)CC3)cc(=O)oc2c1. The third kappa shape index (κ3) is 4.10. The standard InChI is InChI=1S/C21H23N3O4S/c1-2-16-5-6-19-17(13-21(25)28-20(19)12-16)15-23-8-10-24(11-9-23)29(26,27)18-4-3-7-22-14-18/h3-7,12-14H,2,8-11,15H2,1H3. The molecule has 0 amide bonds. The fraction of sp³-hybridized carbons (Fsp3) is 0.333. The van der Waals surface area contributed by atoms with Crippen molar-refractivity contribution >= 4 is 21.0 Å². The van der Waals surface area contributed by atoms with E-state index in [9.17, 15) is 13.2 Å². The van der Waals surface area contributed by atoms with Crippen molar-refractivity contribution in [2.75, 3.05) is 26.2 Å². The van der Waals surface area contributed by atoms with Gasteiger partial charge in [0.1, 0.15) is 10.5 Å². The van der Waals surface area contributed by atoms with Gasteiger partial charge in [0.05, 0.1) is 0 Å². The van der Waals surface area contributed by atoms with Gasteiger partial charge in [-0.15, -0.1) is 0 Å². The minimum Gasteiger partial charge on any atom is -0.423 e. The van der Waals surface area contributed by atoms with Gasteiger partial charge in [0, 0.05) is 56.6 Å². The lowest BCUT2D eigenvalue weighted by Gasteiger charge is -2.34.